The lowest BCUT2D eigenvalue weighted by atomic mass is 10.1. The van der Waals surface area contributed by atoms with E-state index in [1.54, 1.807) is 50.2 Å². The summed E-state index contributed by atoms with van der Waals surface area (Å²) in [6.07, 6.45) is 2.64. The Bertz CT molecular complexity index is 1450. The van der Waals surface area contributed by atoms with E-state index in [-0.39, 0.29) is 29.1 Å². The molecule has 0 aliphatic heterocycles. The monoisotopic (exact) mass is 675 g/mol. The van der Waals surface area contributed by atoms with Gasteiger partial charge in [-0.3, -0.25) is 13.9 Å². The van der Waals surface area contributed by atoms with E-state index >= 15 is 0 Å². The van der Waals surface area contributed by atoms with Crippen molar-refractivity contribution < 1.29 is 22.7 Å². The number of ether oxygens (including phenoxy) is 1. The third kappa shape index (κ3) is 8.52. The SMILES string of the molecule is CCOc1ccccc1N(CC(=O)N(Cc1ccc(Br)cc1)[C@@H](C)C(=O)N[C@@H](C)CC)S(=O)(=O)c1ccc(SC)cc1. The van der Waals surface area contributed by atoms with Crippen LogP contribution in [0.25, 0.3) is 0 Å². The molecule has 0 spiro atoms. The van der Waals surface area contributed by atoms with Crippen LogP contribution in [0.2, 0.25) is 0 Å². The van der Waals surface area contributed by atoms with E-state index < -0.39 is 28.5 Å². The number of para-hydroxylation sites is 2. The first-order valence-corrected chi connectivity index (χ1v) is 17.2. The lowest BCUT2D eigenvalue weighted by Gasteiger charge is -2.33. The average molecular weight is 677 g/mol. The lowest BCUT2D eigenvalue weighted by molar-refractivity contribution is -0.139. The molecule has 2 atom stereocenters. The normalized spacial score (nSPS) is 12.7. The second-order valence-electron chi connectivity index (χ2n) is 9.73. The molecule has 1 N–H and O–H groups in total. The summed E-state index contributed by atoms with van der Waals surface area (Å²) in [5.74, 6) is -0.508. The standard InChI is InChI=1S/C31H38BrN3O5S2/c1-6-22(3)33-31(37)23(4)34(20-24-12-14-25(32)15-13-24)30(36)21-35(28-10-8-9-11-29(28)40-7-2)42(38,39)27-18-16-26(41-5)17-19-27/h8-19,22-23H,6-7,20-21H2,1-5H3,(H,33,37)/t22-,23-/m0/s1. The van der Waals surface area contributed by atoms with Crippen molar-refractivity contribution in [3.8, 4) is 5.75 Å². The summed E-state index contributed by atoms with van der Waals surface area (Å²) in [5, 5.41) is 2.94. The topological polar surface area (TPSA) is 96.0 Å². The Morgan fingerprint density at radius 2 is 1.62 bits per heavy atom. The number of thioether (sulfide) groups is 1. The second-order valence-corrected chi connectivity index (χ2v) is 13.4. The van der Waals surface area contributed by atoms with Crippen molar-refractivity contribution in [2.45, 2.75) is 62.5 Å². The van der Waals surface area contributed by atoms with Gasteiger partial charge in [-0.05, 0) is 87.5 Å². The maximum absolute atomic E-state index is 14.1. The fraction of sp³-hybridized carbons (Fsp3) is 0.355. The van der Waals surface area contributed by atoms with Crippen molar-refractivity contribution in [2.24, 2.45) is 0 Å². The third-order valence-corrected chi connectivity index (χ3v) is 9.84. The van der Waals surface area contributed by atoms with Gasteiger partial charge in [-0.15, -0.1) is 11.8 Å². The first kappa shape index (κ1) is 33.5. The van der Waals surface area contributed by atoms with E-state index in [0.29, 0.717) is 12.4 Å². The van der Waals surface area contributed by atoms with Gasteiger partial charge >= 0.3 is 0 Å². The van der Waals surface area contributed by atoms with Gasteiger partial charge in [0.2, 0.25) is 11.8 Å². The van der Waals surface area contributed by atoms with E-state index in [0.717, 1.165) is 25.7 Å². The summed E-state index contributed by atoms with van der Waals surface area (Å²) < 4.78 is 36.0. The number of benzene rings is 3. The lowest BCUT2D eigenvalue weighted by Crippen LogP contribution is -2.52. The van der Waals surface area contributed by atoms with Gasteiger partial charge in [-0.1, -0.05) is 47.1 Å². The van der Waals surface area contributed by atoms with Crippen molar-refractivity contribution in [1.82, 2.24) is 10.2 Å². The van der Waals surface area contributed by atoms with Gasteiger partial charge < -0.3 is 15.0 Å². The molecule has 3 aromatic carbocycles. The zero-order chi connectivity index (χ0) is 30.9. The van der Waals surface area contributed by atoms with Crippen LogP contribution < -0.4 is 14.4 Å². The summed E-state index contributed by atoms with van der Waals surface area (Å²) >= 11 is 4.93. The van der Waals surface area contributed by atoms with E-state index in [2.05, 4.69) is 21.2 Å². The summed E-state index contributed by atoms with van der Waals surface area (Å²) in [6, 6.07) is 19.7. The fourth-order valence-electron chi connectivity index (χ4n) is 4.16. The van der Waals surface area contributed by atoms with Gasteiger partial charge in [-0.2, -0.15) is 0 Å². The summed E-state index contributed by atoms with van der Waals surface area (Å²) in [5.41, 5.74) is 1.04. The molecule has 0 saturated carbocycles. The minimum absolute atomic E-state index is 0.0430. The predicted octanol–water partition coefficient (Wildman–Crippen LogP) is 6.10. The highest BCUT2D eigenvalue weighted by Gasteiger charge is 2.34. The number of nitrogens with zero attached hydrogens (tertiary/aromatic N) is 2. The number of nitrogens with one attached hydrogen (secondary N) is 1. The van der Waals surface area contributed by atoms with Crippen LogP contribution in [0, 0.1) is 0 Å². The van der Waals surface area contributed by atoms with Crippen molar-refractivity contribution in [1.29, 1.82) is 0 Å². The molecule has 0 unspecified atom stereocenters. The highest BCUT2D eigenvalue weighted by molar-refractivity contribution is 9.10. The molecule has 42 heavy (non-hydrogen) atoms. The van der Waals surface area contributed by atoms with Crippen LogP contribution >= 0.6 is 27.7 Å². The molecule has 0 saturated heterocycles. The van der Waals surface area contributed by atoms with Crippen LogP contribution in [-0.4, -0.2) is 56.6 Å². The third-order valence-electron chi connectivity index (χ3n) is 6.79. The average Bonchev–Trinajstić information content (AvgIpc) is 2.99. The molecular weight excluding hydrogens is 638 g/mol. The quantitative estimate of drug-likeness (QED) is 0.208. The van der Waals surface area contributed by atoms with E-state index in [4.69, 9.17) is 4.74 Å². The van der Waals surface area contributed by atoms with Crippen LogP contribution in [0.5, 0.6) is 5.75 Å². The number of anilines is 1. The van der Waals surface area contributed by atoms with E-state index in [1.807, 2.05) is 44.4 Å². The minimum atomic E-state index is -4.21. The molecular formula is C31H38BrN3O5S2. The van der Waals surface area contributed by atoms with E-state index in [1.165, 1.54) is 28.8 Å². The Hall–Kier alpha value is -3.02. The molecule has 0 bridgehead atoms. The van der Waals surface area contributed by atoms with Crippen LogP contribution in [0.15, 0.2) is 87.1 Å². The van der Waals surface area contributed by atoms with Gasteiger partial charge in [-0.25, -0.2) is 8.42 Å². The smallest absolute Gasteiger partial charge is 0.264 e. The second kappa shape index (κ2) is 15.5. The zero-order valence-electron chi connectivity index (χ0n) is 24.5. The van der Waals surface area contributed by atoms with Gasteiger partial charge in [0.05, 0.1) is 17.2 Å². The number of sulfonamides is 1. The number of carbonyl (C=O) groups is 2. The van der Waals surface area contributed by atoms with Gasteiger partial charge in [0.15, 0.2) is 0 Å². The fourth-order valence-corrected chi connectivity index (χ4v) is 6.26. The van der Waals surface area contributed by atoms with Crippen molar-refractivity contribution in [2.75, 3.05) is 23.7 Å². The zero-order valence-corrected chi connectivity index (χ0v) is 27.8. The maximum Gasteiger partial charge on any atom is 0.264 e. The molecule has 0 aliphatic rings. The van der Waals surface area contributed by atoms with Crippen molar-refractivity contribution in [3.63, 3.8) is 0 Å². The number of halogens is 1. The van der Waals surface area contributed by atoms with Crippen LogP contribution in [-0.2, 0) is 26.2 Å². The van der Waals surface area contributed by atoms with Crippen LogP contribution in [0.1, 0.15) is 39.7 Å². The molecule has 11 heteroatoms. The Kier molecular flexibility index (Phi) is 12.3. The first-order chi connectivity index (χ1) is 20.0. The highest BCUT2D eigenvalue weighted by atomic mass is 79.9. The van der Waals surface area contributed by atoms with Crippen LogP contribution in [0.4, 0.5) is 5.69 Å². The van der Waals surface area contributed by atoms with Crippen LogP contribution in [0.3, 0.4) is 0 Å². The Morgan fingerprint density at radius 3 is 2.21 bits per heavy atom. The molecule has 0 heterocycles. The number of hydrogen-bond acceptors (Lipinski definition) is 6. The first-order valence-electron chi connectivity index (χ1n) is 13.7. The highest BCUT2D eigenvalue weighted by Crippen LogP contribution is 2.33. The largest absolute Gasteiger partial charge is 0.492 e. The van der Waals surface area contributed by atoms with E-state index in [9.17, 15) is 18.0 Å². The molecule has 0 fully saturated rings. The molecule has 3 rings (SSSR count). The number of hydrogen-bond donors (Lipinski definition) is 1. The van der Waals surface area contributed by atoms with Gasteiger partial charge in [0.25, 0.3) is 10.0 Å². The maximum atomic E-state index is 14.1. The molecule has 3 aromatic rings. The molecule has 8 nitrogen and oxygen atoms in total. The van der Waals surface area contributed by atoms with Crippen molar-refractivity contribution >= 4 is 55.2 Å². The number of carbonyl (C=O) groups excluding carboxylic acids is 2. The molecule has 0 aromatic heterocycles. The molecule has 226 valence electrons. The van der Waals surface area contributed by atoms with Gasteiger partial charge in [0, 0.05) is 22.0 Å². The summed E-state index contributed by atoms with van der Waals surface area (Å²) in [7, 11) is -4.21. The number of amides is 2. The predicted molar refractivity (Wildman–Crippen MR) is 172 cm³/mol. The van der Waals surface area contributed by atoms with Gasteiger partial charge in [0.1, 0.15) is 18.3 Å². The summed E-state index contributed by atoms with van der Waals surface area (Å²) in [6.45, 7) is 7.21. The summed E-state index contributed by atoms with van der Waals surface area (Å²) in [4.78, 5) is 29.7. The molecule has 0 aliphatic carbocycles. The molecule has 2 amide bonds. The Balaban J connectivity index is 2.07. The molecule has 0 radical (unpaired) electrons. The number of rotatable bonds is 14. The Morgan fingerprint density at radius 1 is 0.976 bits per heavy atom. The minimum Gasteiger partial charge on any atom is -0.492 e. The van der Waals surface area contributed by atoms with Crippen molar-refractivity contribution in [3.05, 3.63) is 82.8 Å². The Labute approximate surface area is 262 Å².